The predicted molar refractivity (Wildman–Crippen MR) is 98.8 cm³/mol. The Balaban J connectivity index is 1.85. The lowest BCUT2D eigenvalue weighted by atomic mass is 10.3. The molecule has 1 aliphatic heterocycles. The number of sulfonamides is 1. The van der Waals surface area contributed by atoms with E-state index in [1.807, 2.05) is 0 Å². The van der Waals surface area contributed by atoms with Gasteiger partial charge in [-0.25, -0.2) is 12.7 Å². The molecule has 24 heavy (non-hydrogen) atoms. The van der Waals surface area contributed by atoms with Gasteiger partial charge in [-0.1, -0.05) is 6.07 Å². The van der Waals surface area contributed by atoms with Crippen LogP contribution in [0.15, 0.2) is 29.2 Å². The van der Waals surface area contributed by atoms with Crippen LogP contribution in [-0.4, -0.2) is 76.2 Å². The summed E-state index contributed by atoms with van der Waals surface area (Å²) in [6, 6.07) is 6.61. The van der Waals surface area contributed by atoms with Gasteiger partial charge in [-0.05, 0) is 30.4 Å². The first-order valence-electron chi connectivity index (χ1n) is 7.77. The minimum absolute atomic E-state index is 0.230. The van der Waals surface area contributed by atoms with Crippen LogP contribution in [0.1, 0.15) is 0 Å². The third-order valence-corrected chi connectivity index (χ3v) is 5.75. The quantitative estimate of drug-likeness (QED) is 0.707. The molecule has 9 heteroatoms. The SMILES string of the molecule is CN(C)S(=O)(=O)c1cccc(NC(=S)NCCN2CCOCC2)c1. The van der Waals surface area contributed by atoms with Crippen LogP contribution in [-0.2, 0) is 14.8 Å². The standard InChI is InChI=1S/C15H24N4O3S2/c1-18(2)24(20,21)14-5-3-4-13(12-14)17-15(23)16-6-7-19-8-10-22-11-9-19/h3-5,12H,6-11H2,1-2H3,(H2,16,17,23). The van der Waals surface area contributed by atoms with Crippen LogP contribution in [0.25, 0.3) is 0 Å². The van der Waals surface area contributed by atoms with Crippen LogP contribution in [0, 0.1) is 0 Å². The second kappa shape index (κ2) is 8.72. The van der Waals surface area contributed by atoms with Crippen molar-refractivity contribution in [1.82, 2.24) is 14.5 Å². The van der Waals surface area contributed by atoms with Crippen LogP contribution < -0.4 is 10.6 Å². The molecular weight excluding hydrogens is 348 g/mol. The van der Waals surface area contributed by atoms with E-state index >= 15 is 0 Å². The van der Waals surface area contributed by atoms with Crippen molar-refractivity contribution in [2.45, 2.75) is 4.90 Å². The van der Waals surface area contributed by atoms with Gasteiger partial charge in [0.05, 0.1) is 18.1 Å². The lowest BCUT2D eigenvalue weighted by Gasteiger charge is -2.26. The van der Waals surface area contributed by atoms with Gasteiger partial charge in [0.2, 0.25) is 10.0 Å². The van der Waals surface area contributed by atoms with E-state index in [2.05, 4.69) is 15.5 Å². The minimum atomic E-state index is -3.46. The highest BCUT2D eigenvalue weighted by Crippen LogP contribution is 2.17. The summed E-state index contributed by atoms with van der Waals surface area (Å²) in [4.78, 5) is 2.54. The van der Waals surface area contributed by atoms with Crippen LogP contribution >= 0.6 is 12.2 Å². The van der Waals surface area contributed by atoms with Crippen molar-refractivity contribution in [3.05, 3.63) is 24.3 Å². The maximum atomic E-state index is 12.2. The molecule has 1 aliphatic rings. The number of morpholine rings is 1. The molecule has 1 fully saturated rings. The van der Waals surface area contributed by atoms with Crippen LogP contribution in [0.5, 0.6) is 0 Å². The van der Waals surface area contributed by atoms with Gasteiger partial charge in [0.25, 0.3) is 0 Å². The molecule has 1 heterocycles. The van der Waals surface area contributed by atoms with E-state index < -0.39 is 10.0 Å². The molecular formula is C15H24N4O3S2. The fourth-order valence-electron chi connectivity index (χ4n) is 2.27. The molecule has 0 spiro atoms. The molecule has 134 valence electrons. The van der Waals surface area contributed by atoms with E-state index in [0.29, 0.717) is 10.8 Å². The molecule has 0 bridgehead atoms. The molecule has 0 aliphatic carbocycles. The van der Waals surface area contributed by atoms with E-state index in [4.69, 9.17) is 17.0 Å². The number of hydrogen-bond acceptors (Lipinski definition) is 5. The Kier molecular flexibility index (Phi) is 6.93. The summed E-state index contributed by atoms with van der Waals surface area (Å²) in [7, 11) is -0.441. The molecule has 0 amide bonds. The van der Waals surface area contributed by atoms with Gasteiger partial charge < -0.3 is 15.4 Å². The summed E-state index contributed by atoms with van der Waals surface area (Å²) in [6.45, 7) is 5.03. The molecule has 0 radical (unpaired) electrons. The Morgan fingerprint density at radius 2 is 2.04 bits per heavy atom. The molecule has 2 rings (SSSR count). The molecule has 1 saturated heterocycles. The topological polar surface area (TPSA) is 73.9 Å². The fourth-order valence-corrected chi connectivity index (χ4v) is 3.44. The zero-order valence-corrected chi connectivity index (χ0v) is 15.6. The first-order valence-corrected chi connectivity index (χ1v) is 9.62. The lowest BCUT2D eigenvalue weighted by Crippen LogP contribution is -2.42. The van der Waals surface area contributed by atoms with Gasteiger partial charge in [-0.15, -0.1) is 0 Å². The van der Waals surface area contributed by atoms with Gasteiger partial charge >= 0.3 is 0 Å². The van der Waals surface area contributed by atoms with Gasteiger partial charge in [0, 0.05) is 46.0 Å². The Morgan fingerprint density at radius 3 is 2.71 bits per heavy atom. The smallest absolute Gasteiger partial charge is 0.242 e. The third-order valence-electron chi connectivity index (χ3n) is 3.69. The molecule has 0 unspecified atom stereocenters. The largest absolute Gasteiger partial charge is 0.379 e. The van der Waals surface area contributed by atoms with Crippen LogP contribution in [0.2, 0.25) is 0 Å². The predicted octanol–water partition coefficient (Wildman–Crippen LogP) is 0.556. The number of ether oxygens (including phenoxy) is 1. The van der Waals surface area contributed by atoms with Crippen molar-refractivity contribution >= 4 is 33.0 Å². The molecule has 2 N–H and O–H groups in total. The van der Waals surface area contributed by atoms with Gasteiger partial charge in [-0.3, -0.25) is 4.90 Å². The summed E-state index contributed by atoms with van der Waals surface area (Å²) >= 11 is 5.27. The number of nitrogens with zero attached hydrogens (tertiary/aromatic N) is 2. The zero-order chi connectivity index (χ0) is 17.6. The molecule has 1 aromatic carbocycles. The van der Waals surface area contributed by atoms with Gasteiger partial charge in [-0.2, -0.15) is 0 Å². The Labute approximate surface area is 149 Å². The molecule has 0 atom stereocenters. The first kappa shape index (κ1) is 19.1. The Bertz CT molecular complexity index is 658. The minimum Gasteiger partial charge on any atom is -0.379 e. The van der Waals surface area contributed by atoms with Crippen molar-refractivity contribution in [2.75, 3.05) is 58.8 Å². The van der Waals surface area contributed by atoms with Crippen molar-refractivity contribution < 1.29 is 13.2 Å². The van der Waals surface area contributed by atoms with Crippen molar-refractivity contribution in [2.24, 2.45) is 0 Å². The van der Waals surface area contributed by atoms with Gasteiger partial charge in [0.1, 0.15) is 0 Å². The van der Waals surface area contributed by atoms with E-state index in [1.54, 1.807) is 24.3 Å². The highest BCUT2D eigenvalue weighted by molar-refractivity contribution is 7.89. The number of rotatable bonds is 6. The monoisotopic (exact) mass is 372 g/mol. The van der Waals surface area contributed by atoms with Crippen molar-refractivity contribution in [1.29, 1.82) is 0 Å². The Morgan fingerprint density at radius 1 is 1.33 bits per heavy atom. The zero-order valence-electron chi connectivity index (χ0n) is 14.0. The molecule has 0 aromatic heterocycles. The second-order valence-corrected chi connectivity index (χ2v) is 8.21. The van der Waals surface area contributed by atoms with Crippen molar-refractivity contribution in [3.63, 3.8) is 0 Å². The molecule has 1 aromatic rings. The summed E-state index contributed by atoms with van der Waals surface area (Å²) in [5.41, 5.74) is 0.641. The van der Waals surface area contributed by atoms with Crippen LogP contribution in [0.4, 0.5) is 5.69 Å². The van der Waals surface area contributed by atoms with Crippen molar-refractivity contribution in [3.8, 4) is 0 Å². The summed E-state index contributed by atoms with van der Waals surface area (Å²) in [6.07, 6.45) is 0. The van der Waals surface area contributed by atoms with E-state index in [9.17, 15) is 8.42 Å². The van der Waals surface area contributed by atoms with E-state index in [0.717, 1.165) is 39.4 Å². The normalized spacial score (nSPS) is 16.1. The summed E-state index contributed by atoms with van der Waals surface area (Å²) in [5.74, 6) is 0. The average molecular weight is 373 g/mol. The number of nitrogens with one attached hydrogen (secondary N) is 2. The van der Waals surface area contributed by atoms with E-state index in [-0.39, 0.29) is 4.90 Å². The highest BCUT2D eigenvalue weighted by atomic mass is 32.2. The molecule has 0 saturated carbocycles. The number of hydrogen-bond donors (Lipinski definition) is 2. The van der Waals surface area contributed by atoms with Gasteiger partial charge in [0.15, 0.2) is 5.11 Å². The maximum absolute atomic E-state index is 12.2. The average Bonchev–Trinajstić information content (AvgIpc) is 2.56. The van der Waals surface area contributed by atoms with E-state index in [1.165, 1.54) is 18.4 Å². The summed E-state index contributed by atoms with van der Waals surface area (Å²) in [5, 5.41) is 6.64. The third kappa shape index (κ3) is 5.38. The second-order valence-electron chi connectivity index (χ2n) is 5.65. The number of thiocarbonyl (C=S) groups is 1. The summed E-state index contributed by atoms with van der Waals surface area (Å²) < 4.78 is 30.8. The first-order chi connectivity index (χ1) is 11.4. The fraction of sp³-hybridized carbons (Fsp3) is 0.533. The number of benzene rings is 1. The highest BCUT2D eigenvalue weighted by Gasteiger charge is 2.17. The Hall–Kier alpha value is -1.26. The number of anilines is 1. The van der Waals surface area contributed by atoms with Crippen LogP contribution in [0.3, 0.4) is 0 Å². The molecule has 7 nitrogen and oxygen atoms in total. The lowest BCUT2D eigenvalue weighted by molar-refractivity contribution is 0.0389. The maximum Gasteiger partial charge on any atom is 0.242 e.